The molecule has 0 spiro atoms. The fraction of sp³-hybridized carbons (Fsp3) is 0.381. The minimum absolute atomic E-state index is 0.113. The fourth-order valence-electron chi connectivity index (χ4n) is 3.20. The molecule has 0 aromatic heterocycles. The highest BCUT2D eigenvalue weighted by molar-refractivity contribution is 5.94. The van der Waals surface area contributed by atoms with Gasteiger partial charge in [0.05, 0.1) is 19.8 Å². The van der Waals surface area contributed by atoms with Crippen LogP contribution in [0.5, 0.6) is 17.2 Å². The van der Waals surface area contributed by atoms with Crippen LogP contribution in [-0.4, -0.2) is 25.2 Å². The zero-order chi connectivity index (χ0) is 18.7. The highest BCUT2D eigenvalue weighted by Crippen LogP contribution is 2.41. The van der Waals surface area contributed by atoms with Crippen LogP contribution in [-0.2, 0) is 0 Å². The Bertz CT molecular complexity index is 783. The highest BCUT2D eigenvalue weighted by atomic mass is 16.5. The predicted octanol–water partition coefficient (Wildman–Crippen LogP) is 4.13. The van der Waals surface area contributed by atoms with Crippen LogP contribution in [0.4, 0.5) is 0 Å². The maximum atomic E-state index is 12.7. The first-order chi connectivity index (χ1) is 12.4. The molecule has 1 heterocycles. The Kier molecular flexibility index (Phi) is 5.07. The van der Waals surface area contributed by atoms with Crippen LogP contribution in [0.1, 0.15) is 49.2 Å². The zero-order valence-corrected chi connectivity index (χ0v) is 15.7. The second-order valence-corrected chi connectivity index (χ2v) is 6.95. The summed E-state index contributed by atoms with van der Waals surface area (Å²) in [7, 11) is 1.63. The molecule has 2 aromatic rings. The smallest absolute Gasteiger partial charge is 0.251 e. The molecular formula is C21H25NO4. The van der Waals surface area contributed by atoms with Gasteiger partial charge in [-0.1, -0.05) is 0 Å². The molecule has 0 saturated carbocycles. The zero-order valence-electron chi connectivity index (χ0n) is 15.7. The van der Waals surface area contributed by atoms with Gasteiger partial charge in [0.25, 0.3) is 5.91 Å². The minimum Gasteiger partial charge on any atom is -0.497 e. The molecule has 1 aliphatic rings. The van der Waals surface area contributed by atoms with E-state index < -0.39 is 0 Å². The van der Waals surface area contributed by atoms with Crippen LogP contribution in [0.25, 0.3) is 0 Å². The molecule has 1 N–H and O–H groups in total. The van der Waals surface area contributed by atoms with Gasteiger partial charge in [0.15, 0.2) is 0 Å². The Labute approximate surface area is 154 Å². The van der Waals surface area contributed by atoms with Crippen LogP contribution in [0.15, 0.2) is 42.5 Å². The second kappa shape index (κ2) is 7.28. The van der Waals surface area contributed by atoms with Crippen LogP contribution in [0.3, 0.4) is 0 Å². The topological polar surface area (TPSA) is 56.8 Å². The molecular weight excluding hydrogens is 330 g/mol. The molecule has 0 radical (unpaired) electrons. The van der Waals surface area contributed by atoms with Crippen LogP contribution in [0, 0.1) is 0 Å². The number of benzene rings is 2. The van der Waals surface area contributed by atoms with Crippen molar-refractivity contribution in [3.8, 4) is 17.2 Å². The molecule has 1 aliphatic heterocycles. The Morgan fingerprint density at radius 2 is 1.88 bits per heavy atom. The summed E-state index contributed by atoms with van der Waals surface area (Å²) in [6.07, 6.45) is 0.690. The van der Waals surface area contributed by atoms with Gasteiger partial charge in [-0.2, -0.15) is 0 Å². The van der Waals surface area contributed by atoms with Crippen molar-refractivity contribution in [2.45, 2.75) is 38.8 Å². The summed E-state index contributed by atoms with van der Waals surface area (Å²) in [5, 5.41) is 3.14. The Balaban J connectivity index is 1.81. The number of methoxy groups -OCH3 is 1. The van der Waals surface area contributed by atoms with Crippen molar-refractivity contribution in [3.63, 3.8) is 0 Å². The summed E-state index contributed by atoms with van der Waals surface area (Å²) < 4.78 is 16.8. The number of hydrogen-bond acceptors (Lipinski definition) is 4. The average molecular weight is 355 g/mol. The number of amides is 1. The Morgan fingerprint density at radius 3 is 2.54 bits per heavy atom. The number of nitrogens with one attached hydrogen (secondary N) is 1. The van der Waals surface area contributed by atoms with Crippen molar-refractivity contribution in [1.29, 1.82) is 0 Å². The third-order valence-electron chi connectivity index (χ3n) is 4.41. The summed E-state index contributed by atoms with van der Waals surface area (Å²) in [5.41, 5.74) is 1.19. The van der Waals surface area contributed by atoms with E-state index in [4.69, 9.17) is 14.2 Å². The van der Waals surface area contributed by atoms with Crippen LogP contribution < -0.4 is 19.5 Å². The van der Waals surface area contributed by atoms with Gasteiger partial charge < -0.3 is 19.5 Å². The van der Waals surface area contributed by atoms with Gasteiger partial charge in [-0.05, 0) is 57.2 Å². The van der Waals surface area contributed by atoms with E-state index in [-0.39, 0.29) is 17.6 Å². The van der Waals surface area contributed by atoms with Crippen molar-refractivity contribution < 1.29 is 19.0 Å². The summed E-state index contributed by atoms with van der Waals surface area (Å²) in [4.78, 5) is 12.7. The first kappa shape index (κ1) is 18.1. The number of hydrogen-bond donors (Lipinski definition) is 1. The quantitative estimate of drug-likeness (QED) is 0.876. The molecule has 3 rings (SSSR count). The molecule has 5 nitrogen and oxygen atoms in total. The van der Waals surface area contributed by atoms with Gasteiger partial charge in [-0.15, -0.1) is 0 Å². The van der Waals surface area contributed by atoms with Crippen molar-refractivity contribution in [2.24, 2.45) is 0 Å². The SMILES string of the molecule is CCOc1ccc(C(=O)N[C@H]2CC(C)(C)Oc3cc(OC)ccc32)cc1. The first-order valence-corrected chi connectivity index (χ1v) is 8.82. The lowest BCUT2D eigenvalue weighted by molar-refractivity contribution is 0.0617. The van der Waals surface area contributed by atoms with Gasteiger partial charge in [0.2, 0.25) is 0 Å². The number of ether oxygens (including phenoxy) is 3. The number of carbonyl (C=O) groups is 1. The lowest BCUT2D eigenvalue weighted by Crippen LogP contribution is -2.41. The summed E-state index contributed by atoms with van der Waals surface area (Å²) in [6.45, 7) is 6.57. The number of rotatable bonds is 5. The third kappa shape index (κ3) is 3.93. The maximum absolute atomic E-state index is 12.7. The van der Waals surface area contributed by atoms with Crippen LogP contribution in [0.2, 0.25) is 0 Å². The van der Waals surface area contributed by atoms with Gasteiger partial charge in [0.1, 0.15) is 22.8 Å². The first-order valence-electron chi connectivity index (χ1n) is 8.82. The molecule has 0 aliphatic carbocycles. The molecule has 26 heavy (non-hydrogen) atoms. The lowest BCUT2D eigenvalue weighted by Gasteiger charge is -2.38. The van der Waals surface area contributed by atoms with E-state index in [1.807, 2.05) is 51.1 Å². The standard InChI is InChI=1S/C21H25NO4/c1-5-25-15-8-6-14(7-9-15)20(23)22-18-13-21(2,3)26-19-12-16(24-4)10-11-17(18)19/h6-12,18H,5,13H2,1-4H3,(H,22,23)/t18-/m0/s1. The van der Waals surface area contributed by atoms with Crippen molar-refractivity contribution in [3.05, 3.63) is 53.6 Å². The van der Waals surface area contributed by atoms with E-state index in [1.165, 1.54) is 0 Å². The fourth-order valence-corrected chi connectivity index (χ4v) is 3.20. The van der Waals surface area contributed by atoms with Gasteiger partial charge in [-0.25, -0.2) is 0 Å². The predicted molar refractivity (Wildman–Crippen MR) is 100 cm³/mol. The normalized spacial score (nSPS) is 17.6. The number of fused-ring (bicyclic) bond motifs is 1. The molecule has 0 saturated heterocycles. The van der Waals surface area contributed by atoms with Crippen molar-refractivity contribution >= 4 is 5.91 Å². The van der Waals surface area contributed by atoms with Crippen molar-refractivity contribution in [1.82, 2.24) is 5.32 Å². The highest BCUT2D eigenvalue weighted by Gasteiger charge is 2.35. The van der Waals surface area contributed by atoms with E-state index in [2.05, 4.69) is 5.32 Å². The van der Waals surface area contributed by atoms with Gasteiger partial charge in [0, 0.05) is 23.6 Å². The molecule has 1 atom stereocenters. The van der Waals surface area contributed by atoms with Crippen LogP contribution >= 0.6 is 0 Å². The Morgan fingerprint density at radius 1 is 1.19 bits per heavy atom. The molecule has 138 valence electrons. The van der Waals surface area contributed by atoms with Gasteiger partial charge in [-0.3, -0.25) is 4.79 Å². The van der Waals surface area contributed by atoms with Crippen molar-refractivity contribution in [2.75, 3.05) is 13.7 Å². The largest absolute Gasteiger partial charge is 0.497 e. The van der Waals surface area contributed by atoms with E-state index in [1.54, 1.807) is 19.2 Å². The third-order valence-corrected chi connectivity index (χ3v) is 4.41. The monoisotopic (exact) mass is 355 g/mol. The summed E-state index contributed by atoms with van der Waals surface area (Å²) >= 11 is 0. The van der Waals surface area contributed by atoms with E-state index in [9.17, 15) is 4.79 Å². The molecule has 2 aromatic carbocycles. The second-order valence-electron chi connectivity index (χ2n) is 6.95. The Hall–Kier alpha value is -2.69. The molecule has 0 unspecified atom stereocenters. The summed E-state index contributed by atoms with van der Waals surface area (Å²) in [5.74, 6) is 2.13. The average Bonchev–Trinajstić information content (AvgIpc) is 2.61. The van der Waals surface area contributed by atoms with E-state index in [0.29, 0.717) is 18.6 Å². The molecule has 0 fully saturated rings. The van der Waals surface area contributed by atoms with E-state index >= 15 is 0 Å². The molecule has 0 bridgehead atoms. The van der Waals surface area contributed by atoms with E-state index in [0.717, 1.165) is 22.8 Å². The maximum Gasteiger partial charge on any atom is 0.251 e. The number of carbonyl (C=O) groups excluding carboxylic acids is 1. The molecule has 1 amide bonds. The summed E-state index contributed by atoms with van der Waals surface area (Å²) in [6, 6.07) is 12.8. The minimum atomic E-state index is -0.379. The lowest BCUT2D eigenvalue weighted by atomic mass is 9.89. The molecule has 5 heteroatoms. The van der Waals surface area contributed by atoms with Gasteiger partial charge >= 0.3 is 0 Å².